The molecule has 2 saturated carbocycles. The first kappa shape index (κ1) is 14.4. The van der Waals surface area contributed by atoms with E-state index in [9.17, 15) is 5.11 Å². The molecule has 1 heterocycles. The van der Waals surface area contributed by atoms with Crippen LogP contribution in [0.5, 0.6) is 0 Å². The summed E-state index contributed by atoms with van der Waals surface area (Å²) in [5, 5.41) is 16.0. The summed E-state index contributed by atoms with van der Waals surface area (Å²) in [6.45, 7) is 1.98. The number of aromatic nitrogens is 2. The van der Waals surface area contributed by atoms with Gasteiger partial charge in [-0.05, 0) is 50.9 Å². The fourth-order valence-corrected chi connectivity index (χ4v) is 4.49. The van der Waals surface area contributed by atoms with E-state index >= 15 is 0 Å². The minimum Gasteiger partial charge on any atom is -0.390 e. The molecule has 3 nitrogen and oxygen atoms in total. The van der Waals surface area contributed by atoms with Crippen LogP contribution in [0.4, 0.5) is 0 Å². The van der Waals surface area contributed by atoms with Crippen LogP contribution in [-0.2, 0) is 13.5 Å². The van der Waals surface area contributed by atoms with Crippen LogP contribution < -0.4 is 0 Å². The van der Waals surface area contributed by atoms with Crippen LogP contribution >= 0.6 is 11.6 Å². The second-order valence-electron chi connectivity index (χ2n) is 7.09. The first-order valence-corrected chi connectivity index (χ1v) is 8.21. The minimum atomic E-state index is -0.578. The lowest BCUT2D eigenvalue weighted by Gasteiger charge is -2.42. The first-order valence-electron chi connectivity index (χ1n) is 7.84. The van der Waals surface area contributed by atoms with E-state index in [-0.39, 0.29) is 0 Å². The van der Waals surface area contributed by atoms with Crippen molar-refractivity contribution in [3.05, 3.63) is 16.4 Å². The molecule has 0 unspecified atom stereocenters. The van der Waals surface area contributed by atoms with E-state index in [0.717, 1.165) is 24.1 Å². The third-order valence-electron chi connectivity index (χ3n) is 5.68. The topological polar surface area (TPSA) is 38.0 Å². The van der Waals surface area contributed by atoms with Gasteiger partial charge in [0.2, 0.25) is 0 Å². The van der Waals surface area contributed by atoms with E-state index in [4.69, 9.17) is 11.6 Å². The molecule has 0 bridgehead atoms. The summed E-state index contributed by atoms with van der Waals surface area (Å²) in [7, 11) is 1.86. The van der Waals surface area contributed by atoms with Crippen LogP contribution in [0.3, 0.4) is 0 Å². The number of aliphatic hydroxyl groups is 1. The quantitative estimate of drug-likeness (QED) is 0.901. The summed E-state index contributed by atoms with van der Waals surface area (Å²) in [6, 6.07) is 0. The van der Waals surface area contributed by atoms with Crippen LogP contribution in [0.25, 0.3) is 0 Å². The second kappa shape index (κ2) is 5.03. The van der Waals surface area contributed by atoms with E-state index in [1.165, 1.54) is 38.5 Å². The van der Waals surface area contributed by atoms with Crippen LogP contribution in [0.15, 0.2) is 0 Å². The Morgan fingerprint density at radius 2 is 1.75 bits per heavy atom. The van der Waals surface area contributed by atoms with Gasteiger partial charge >= 0.3 is 0 Å². The lowest BCUT2D eigenvalue weighted by atomic mass is 9.66. The van der Waals surface area contributed by atoms with Crippen LogP contribution in [-0.4, -0.2) is 20.5 Å². The summed E-state index contributed by atoms with van der Waals surface area (Å²) < 4.78 is 1.71. The Morgan fingerprint density at radius 1 is 1.15 bits per heavy atom. The van der Waals surface area contributed by atoms with Crippen molar-refractivity contribution < 1.29 is 5.11 Å². The van der Waals surface area contributed by atoms with E-state index < -0.39 is 5.60 Å². The lowest BCUT2D eigenvalue weighted by Crippen LogP contribution is -2.40. The average Bonchev–Trinajstić information content (AvgIpc) is 2.96. The van der Waals surface area contributed by atoms with Gasteiger partial charge in [-0.1, -0.05) is 24.4 Å². The predicted molar refractivity (Wildman–Crippen MR) is 81.0 cm³/mol. The van der Waals surface area contributed by atoms with Gasteiger partial charge in [-0.15, -0.1) is 0 Å². The molecule has 1 spiro atoms. The van der Waals surface area contributed by atoms with E-state index in [1.807, 2.05) is 14.0 Å². The fraction of sp³-hybridized carbons (Fsp3) is 0.812. The predicted octanol–water partition coefficient (Wildman–Crippen LogP) is 3.79. The molecule has 112 valence electrons. The van der Waals surface area contributed by atoms with Gasteiger partial charge in [0.25, 0.3) is 0 Å². The summed E-state index contributed by atoms with van der Waals surface area (Å²) in [4.78, 5) is 0. The fourth-order valence-electron chi connectivity index (χ4n) is 4.25. The van der Waals surface area contributed by atoms with Crippen LogP contribution in [0.1, 0.15) is 62.6 Å². The molecule has 1 aromatic heterocycles. The molecular formula is C16H25ClN2O. The van der Waals surface area contributed by atoms with Gasteiger partial charge in [0.05, 0.1) is 11.3 Å². The molecule has 0 saturated heterocycles. The molecule has 2 aliphatic rings. The first-order chi connectivity index (χ1) is 9.43. The van der Waals surface area contributed by atoms with Gasteiger partial charge in [-0.2, -0.15) is 5.10 Å². The Hall–Kier alpha value is -0.540. The third-order valence-corrected chi connectivity index (χ3v) is 6.15. The van der Waals surface area contributed by atoms with Crippen molar-refractivity contribution in [2.75, 3.05) is 0 Å². The normalized spacial score (nSPS) is 24.4. The Bertz CT molecular complexity index is 493. The maximum absolute atomic E-state index is 10.9. The van der Waals surface area contributed by atoms with Crippen molar-refractivity contribution in [2.24, 2.45) is 12.5 Å². The number of aryl methyl sites for hydroxylation is 2. The highest BCUT2D eigenvalue weighted by Gasteiger charge is 2.43. The van der Waals surface area contributed by atoms with Crippen molar-refractivity contribution in [2.45, 2.75) is 70.3 Å². The molecule has 1 N–H and O–H groups in total. The Labute approximate surface area is 126 Å². The summed E-state index contributed by atoms with van der Waals surface area (Å²) in [5.41, 5.74) is 1.96. The summed E-state index contributed by atoms with van der Waals surface area (Å²) in [6.07, 6.45) is 10.3. The number of rotatable bonds is 2. The molecule has 0 radical (unpaired) electrons. The third kappa shape index (κ3) is 2.50. The molecular weight excluding hydrogens is 272 g/mol. The highest BCUT2D eigenvalue weighted by Crippen LogP contribution is 2.51. The summed E-state index contributed by atoms with van der Waals surface area (Å²) >= 11 is 6.31. The van der Waals surface area contributed by atoms with Gasteiger partial charge in [0, 0.05) is 19.0 Å². The monoisotopic (exact) mass is 296 g/mol. The zero-order chi connectivity index (χ0) is 14.4. The highest BCUT2D eigenvalue weighted by molar-refractivity contribution is 6.30. The maximum atomic E-state index is 10.9. The number of hydrogen-bond donors (Lipinski definition) is 1. The SMILES string of the molecule is Cc1nn(C)c(Cl)c1CC1(O)CCC2(CCCC2)CC1. The molecule has 0 atom stereocenters. The second-order valence-corrected chi connectivity index (χ2v) is 7.44. The van der Waals surface area contributed by atoms with Gasteiger partial charge < -0.3 is 5.11 Å². The molecule has 4 heteroatoms. The van der Waals surface area contributed by atoms with Gasteiger partial charge in [0.15, 0.2) is 0 Å². The van der Waals surface area contributed by atoms with Crippen LogP contribution in [0.2, 0.25) is 5.15 Å². The van der Waals surface area contributed by atoms with Crippen molar-refractivity contribution in [1.82, 2.24) is 9.78 Å². The minimum absolute atomic E-state index is 0.556. The van der Waals surface area contributed by atoms with Crippen LogP contribution in [0, 0.1) is 12.3 Å². The smallest absolute Gasteiger partial charge is 0.130 e. The Morgan fingerprint density at radius 3 is 2.25 bits per heavy atom. The lowest BCUT2D eigenvalue weighted by molar-refractivity contribution is -0.0323. The zero-order valence-corrected chi connectivity index (χ0v) is 13.3. The number of hydrogen-bond acceptors (Lipinski definition) is 2. The zero-order valence-electron chi connectivity index (χ0n) is 12.6. The molecule has 0 aromatic carbocycles. The van der Waals surface area contributed by atoms with E-state index in [0.29, 0.717) is 17.0 Å². The van der Waals surface area contributed by atoms with Crippen molar-refractivity contribution >= 4 is 11.6 Å². The molecule has 0 amide bonds. The average molecular weight is 297 g/mol. The Balaban J connectivity index is 1.71. The summed E-state index contributed by atoms with van der Waals surface area (Å²) in [5.74, 6) is 0. The van der Waals surface area contributed by atoms with Crippen molar-refractivity contribution in [1.29, 1.82) is 0 Å². The largest absolute Gasteiger partial charge is 0.390 e. The molecule has 3 rings (SSSR count). The van der Waals surface area contributed by atoms with Gasteiger partial charge in [0.1, 0.15) is 5.15 Å². The number of halogens is 1. The van der Waals surface area contributed by atoms with E-state index in [2.05, 4.69) is 5.10 Å². The van der Waals surface area contributed by atoms with Crippen molar-refractivity contribution in [3.8, 4) is 0 Å². The molecule has 2 aliphatic carbocycles. The van der Waals surface area contributed by atoms with E-state index in [1.54, 1.807) is 4.68 Å². The molecule has 2 fully saturated rings. The van der Waals surface area contributed by atoms with Crippen molar-refractivity contribution in [3.63, 3.8) is 0 Å². The maximum Gasteiger partial charge on any atom is 0.130 e. The van der Waals surface area contributed by atoms with Gasteiger partial charge in [-0.3, -0.25) is 4.68 Å². The molecule has 1 aromatic rings. The van der Waals surface area contributed by atoms with Gasteiger partial charge in [-0.25, -0.2) is 0 Å². The number of nitrogens with zero attached hydrogens (tertiary/aromatic N) is 2. The molecule has 20 heavy (non-hydrogen) atoms. The highest BCUT2D eigenvalue weighted by atomic mass is 35.5. The molecule has 0 aliphatic heterocycles. The Kier molecular flexibility index (Phi) is 3.62. The standard InChI is InChI=1S/C16H25ClN2O/c1-12-13(14(17)19(2)18-12)11-16(20)9-7-15(8-10-16)5-3-4-6-15/h20H,3-11H2,1-2H3.